The molecule has 2 nitrogen and oxygen atoms in total. The van der Waals surface area contributed by atoms with Gasteiger partial charge >= 0.3 is 0 Å². The van der Waals surface area contributed by atoms with Gasteiger partial charge < -0.3 is 9.80 Å². The van der Waals surface area contributed by atoms with Crippen LogP contribution in [0.1, 0.15) is 162 Å². The van der Waals surface area contributed by atoms with Crippen molar-refractivity contribution in [3.63, 3.8) is 0 Å². The van der Waals surface area contributed by atoms with Gasteiger partial charge in [-0.1, -0.05) is 158 Å². The van der Waals surface area contributed by atoms with Crippen LogP contribution in [0.2, 0.25) is 0 Å². The van der Waals surface area contributed by atoms with Crippen molar-refractivity contribution in [2.45, 2.75) is 162 Å². The normalized spacial score (nSPS) is 18.5. The molecule has 4 heteroatoms. The number of hydrogen-bond acceptors (Lipinski definition) is 3. The van der Waals surface area contributed by atoms with Crippen molar-refractivity contribution in [1.82, 2.24) is 0 Å². The van der Waals surface area contributed by atoms with Crippen LogP contribution in [0.5, 0.6) is 0 Å². The molecule has 0 saturated carbocycles. The Morgan fingerprint density at radius 3 is 1.66 bits per heavy atom. The molecular formula is C63H71BN2S. The van der Waals surface area contributed by atoms with Crippen LogP contribution in [0, 0.1) is 6.92 Å². The SMILES string of the molecule is Cc1ccccc1-c1cc2c3c(c1)N(c1ccc(C(C)(C)C)cc1)c1c(sc4cc(C(C)(C)C)ccc14)B3c1cc3c(cc1N2c1ccc2c(c1)C(C)(C)CCC2(C)C)C(C)(C)CCC3(C)C. The Labute approximate surface area is 406 Å². The van der Waals surface area contributed by atoms with E-state index in [2.05, 4.69) is 223 Å². The van der Waals surface area contributed by atoms with E-state index >= 15 is 0 Å². The highest BCUT2D eigenvalue weighted by Gasteiger charge is 2.48. The lowest BCUT2D eigenvalue weighted by molar-refractivity contribution is 0.332. The van der Waals surface area contributed by atoms with Gasteiger partial charge in [0, 0.05) is 43.3 Å². The van der Waals surface area contributed by atoms with E-state index < -0.39 is 0 Å². The maximum absolute atomic E-state index is 2.72. The lowest BCUT2D eigenvalue weighted by Crippen LogP contribution is -2.61. The van der Waals surface area contributed by atoms with Crippen molar-refractivity contribution in [2.24, 2.45) is 0 Å². The first kappa shape index (κ1) is 44.5. The molecule has 7 aromatic rings. The second-order valence-electron chi connectivity index (χ2n) is 25.6. The first-order valence-electron chi connectivity index (χ1n) is 25.2. The number of thiophene rings is 1. The summed E-state index contributed by atoms with van der Waals surface area (Å²) in [6, 6.07) is 44.0. The Bertz CT molecular complexity index is 3180. The van der Waals surface area contributed by atoms with Crippen molar-refractivity contribution < 1.29 is 0 Å². The lowest BCUT2D eigenvalue weighted by atomic mass is 9.35. The number of fused-ring (bicyclic) bond motifs is 8. The van der Waals surface area contributed by atoms with E-state index in [0.717, 1.165) is 0 Å². The van der Waals surface area contributed by atoms with Gasteiger partial charge in [-0.3, -0.25) is 0 Å². The van der Waals surface area contributed by atoms with Crippen molar-refractivity contribution in [3.8, 4) is 11.1 Å². The first-order valence-corrected chi connectivity index (χ1v) is 26.0. The Morgan fingerprint density at radius 2 is 1.04 bits per heavy atom. The molecule has 1 aromatic heterocycles. The monoisotopic (exact) mass is 899 g/mol. The zero-order chi connectivity index (χ0) is 47.5. The van der Waals surface area contributed by atoms with Crippen LogP contribution < -0.4 is 25.5 Å². The summed E-state index contributed by atoms with van der Waals surface area (Å²) in [4.78, 5) is 5.39. The van der Waals surface area contributed by atoms with Crippen LogP contribution in [-0.2, 0) is 32.5 Å². The second-order valence-corrected chi connectivity index (χ2v) is 26.7. The fraction of sp³-hybridized carbons (Fsp3) is 0.397. The minimum Gasteiger partial charge on any atom is -0.311 e. The molecule has 11 rings (SSSR count). The predicted molar refractivity (Wildman–Crippen MR) is 294 cm³/mol. The predicted octanol–water partition coefficient (Wildman–Crippen LogP) is 16.3. The molecule has 0 N–H and O–H groups in total. The van der Waals surface area contributed by atoms with Crippen molar-refractivity contribution >= 4 is 78.0 Å². The fourth-order valence-corrected chi connectivity index (χ4v) is 13.8. The summed E-state index contributed by atoms with van der Waals surface area (Å²) >= 11 is 2.03. The van der Waals surface area contributed by atoms with Gasteiger partial charge in [0.05, 0.1) is 5.69 Å². The van der Waals surface area contributed by atoms with Crippen molar-refractivity contribution in [1.29, 1.82) is 0 Å². The van der Waals surface area contributed by atoms with Crippen LogP contribution in [0.4, 0.5) is 34.1 Å². The van der Waals surface area contributed by atoms with E-state index in [1.165, 1.54) is 136 Å². The molecule has 67 heavy (non-hydrogen) atoms. The van der Waals surface area contributed by atoms with Crippen LogP contribution in [0.25, 0.3) is 21.2 Å². The molecule has 0 atom stereocenters. The number of anilines is 6. The van der Waals surface area contributed by atoms with Gasteiger partial charge in [0.15, 0.2) is 0 Å². The lowest BCUT2D eigenvalue weighted by Gasteiger charge is -2.47. The molecule has 0 radical (unpaired) electrons. The van der Waals surface area contributed by atoms with Gasteiger partial charge in [-0.05, 0) is 175 Å². The maximum atomic E-state index is 2.72. The van der Waals surface area contributed by atoms with E-state index in [1.54, 1.807) is 0 Å². The number of rotatable bonds is 3. The van der Waals surface area contributed by atoms with Gasteiger partial charge in [0.1, 0.15) is 0 Å². The summed E-state index contributed by atoms with van der Waals surface area (Å²) in [6.07, 6.45) is 4.73. The minimum absolute atomic E-state index is 0.0355. The van der Waals surface area contributed by atoms with Crippen LogP contribution in [0.3, 0.4) is 0 Å². The molecule has 3 heterocycles. The summed E-state index contributed by atoms with van der Waals surface area (Å²) in [5.41, 5.74) is 23.5. The summed E-state index contributed by atoms with van der Waals surface area (Å²) in [7, 11) is 0. The number of aryl methyl sites for hydroxylation is 1. The quantitative estimate of drug-likeness (QED) is 0.163. The molecule has 342 valence electrons. The molecule has 0 fully saturated rings. The molecule has 0 bridgehead atoms. The smallest absolute Gasteiger partial charge is 0.264 e. The number of nitrogens with zero attached hydrogens (tertiary/aromatic N) is 2. The first-order chi connectivity index (χ1) is 31.4. The third-order valence-electron chi connectivity index (χ3n) is 17.0. The highest BCUT2D eigenvalue weighted by Crippen LogP contribution is 2.54. The number of hydrogen-bond donors (Lipinski definition) is 0. The van der Waals surface area contributed by atoms with Crippen LogP contribution >= 0.6 is 11.3 Å². The Kier molecular flexibility index (Phi) is 9.61. The molecule has 6 aromatic carbocycles. The molecular weight excluding hydrogens is 828 g/mol. The Balaban J connectivity index is 1.30. The average molecular weight is 899 g/mol. The summed E-state index contributed by atoms with van der Waals surface area (Å²) in [6.45, 7) is 36.2. The molecule has 2 aliphatic heterocycles. The van der Waals surface area contributed by atoms with E-state index in [9.17, 15) is 0 Å². The van der Waals surface area contributed by atoms with Crippen LogP contribution in [-0.4, -0.2) is 6.71 Å². The van der Waals surface area contributed by atoms with Gasteiger partial charge in [-0.2, -0.15) is 0 Å². The topological polar surface area (TPSA) is 6.48 Å². The Hall–Kier alpha value is -5.06. The van der Waals surface area contributed by atoms with Crippen LogP contribution in [0.15, 0.2) is 109 Å². The van der Waals surface area contributed by atoms with Gasteiger partial charge in [-0.15, -0.1) is 11.3 Å². The highest BCUT2D eigenvalue weighted by molar-refractivity contribution is 7.33. The number of benzene rings is 6. The molecule has 4 aliphatic rings. The maximum Gasteiger partial charge on any atom is 0.264 e. The molecule has 0 unspecified atom stereocenters. The van der Waals surface area contributed by atoms with Gasteiger partial charge in [0.2, 0.25) is 0 Å². The Morgan fingerprint density at radius 1 is 0.507 bits per heavy atom. The zero-order valence-corrected chi connectivity index (χ0v) is 43.9. The fourth-order valence-electron chi connectivity index (χ4n) is 12.4. The third kappa shape index (κ3) is 6.84. The summed E-state index contributed by atoms with van der Waals surface area (Å²) < 4.78 is 2.81. The van der Waals surface area contributed by atoms with Crippen molar-refractivity contribution in [2.75, 3.05) is 9.80 Å². The molecule has 0 amide bonds. The van der Waals surface area contributed by atoms with Gasteiger partial charge in [-0.25, -0.2) is 0 Å². The summed E-state index contributed by atoms with van der Waals surface area (Å²) in [5.74, 6) is 0. The van der Waals surface area contributed by atoms with Crippen molar-refractivity contribution in [3.05, 3.63) is 148 Å². The zero-order valence-electron chi connectivity index (χ0n) is 43.1. The highest BCUT2D eigenvalue weighted by atomic mass is 32.1. The van der Waals surface area contributed by atoms with E-state index in [1.807, 2.05) is 11.3 Å². The van der Waals surface area contributed by atoms with Gasteiger partial charge in [0.25, 0.3) is 6.71 Å². The second kappa shape index (κ2) is 14.5. The molecule has 0 saturated heterocycles. The van der Waals surface area contributed by atoms with E-state index in [4.69, 9.17) is 0 Å². The molecule has 2 aliphatic carbocycles. The van der Waals surface area contributed by atoms with E-state index in [-0.39, 0.29) is 39.2 Å². The third-order valence-corrected chi connectivity index (χ3v) is 18.2. The minimum atomic E-state index is 0.0355. The largest absolute Gasteiger partial charge is 0.311 e. The molecule has 0 spiro atoms. The van der Waals surface area contributed by atoms with E-state index in [0.29, 0.717) is 0 Å². The average Bonchev–Trinajstić information content (AvgIpc) is 3.64. The summed E-state index contributed by atoms with van der Waals surface area (Å²) in [5, 5.41) is 1.34. The standard InChI is InChI=1S/C63H71BN2S/c1-38-18-16-17-19-44(38)39-32-52-55-53(33-39)66(42-23-20-40(21-24-42)58(2,3)4)56-45-26-22-41(59(5,6)7)34-54(45)67-57(56)64(55)50-36-48-49(63(14,15)31-30-62(48,12)13)37-51(50)65(52)43-25-27-46-47(35-43)61(10,11)29-28-60(46,8)9/h16-27,32-37H,28-31H2,1-15H3.